The van der Waals surface area contributed by atoms with Gasteiger partial charge in [0, 0.05) is 42.4 Å². The van der Waals surface area contributed by atoms with E-state index in [9.17, 15) is 19.7 Å². The smallest absolute Gasteiger partial charge is 0.269 e. The topological polar surface area (TPSA) is 105 Å². The average Bonchev–Trinajstić information content (AvgIpc) is 2.74. The van der Waals surface area contributed by atoms with Crippen molar-refractivity contribution in [3.63, 3.8) is 0 Å². The fraction of sp³-hybridized carbons (Fsp3) is 0.333. The number of carbonyl (C=O) groups excluding carboxylic acids is 2. The van der Waals surface area contributed by atoms with Gasteiger partial charge in [-0.2, -0.15) is 0 Å². The zero-order chi connectivity index (χ0) is 20.6. The molecule has 0 unspecified atom stereocenters. The van der Waals surface area contributed by atoms with Gasteiger partial charge in [-0.05, 0) is 50.2 Å². The van der Waals surface area contributed by atoms with Crippen LogP contribution in [0.1, 0.15) is 19.3 Å². The van der Waals surface area contributed by atoms with Crippen LogP contribution in [-0.2, 0) is 9.59 Å². The number of nitro benzene ring substituents is 1. The number of anilines is 2. The third-order valence-corrected chi connectivity index (χ3v) is 5.02. The Labute approximate surface area is 169 Å². The summed E-state index contributed by atoms with van der Waals surface area (Å²) in [6, 6.07) is 15.2. The molecule has 8 nitrogen and oxygen atoms in total. The molecule has 0 radical (unpaired) electrons. The molecule has 3 rings (SSSR count). The number of rotatable bonds is 7. The first-order valence-corrected chi connectivity index (χ1v) is 9.64. The minimum atomic E-state index is -0.477. The highest BCUT2D eigenvalue weighted by atomic mass is 16.6. The Hall–Kier alpha value is -3.26. The summed E-state index contributed by atoms with van der Waals surface area (Å²) >= 11 is 0. The van der Waals surface area contributed by atoms with Gasteiger partial charge < -0.3 is 15.5 Å². The molecule has 0 aliphatic carbocycles. The van der Waals surface area contributed by atoms with Gasteiger partial charge in [0.2, 0.25) is 11.8 Å². The lowest BCUT2D eigenvalue weighted by atomic mass is 9.95. The predicted octanol–water partition coefficient (Wildman–Crippen LogP) is 3.27. The van der Waals surface area contributed by atoms with Gasteiger partial charge >= 0.3 is 0 Å². The minimum Gasteiger partial charge on any atom is -0.326 e. The molecule has 29 heavy (non-hydrogen) atoms. The van der Waals surface area contributed by atoms with Crippen molar-refractivity contribution in [2.75, 3.05) is 30.3 Å². The number of piperidine rings is 1. The lowest BCUT2D eigenvalue weighted by molar-refractivity contribution is -0.384. The molecule has 1 fully saturated rings. The normalized spacial score (nSPS) is 14.9. The van der Waals surface area contributed by atoms with E-state index < -0.39 is 4.92 Å². The van der Waals surface area contributed by atoms with Crippen LogP contribution in [0, 0.1) is 16.0 Å². The first-order valence-electron chi connectivity index (χ1n) is 9.64. The monoisotopic (exact) mass is 396 g/mol. The molecule has 0 aromatic heterocycles. The molecular formula is C21H24N4O4. The van der Waals surface area contributed by atoms with Gasteiger partial charge in [0.05, 0.1) is 4.92 Å². The molecule has 1 saturated heterocycles. The Balaban J connectivity index is 1.37. The lowest BCUT2D eigenvalue weighted by Crippen LogP contribution is -2.39. The van der Waals surface area contributed by atoms with Crippen molar-refractivity contribution in [3.8, 4) is 0 Å². The van der Waals surface area contributed by atoms with E-state index in [0.29, 0.717) is 18.7 Å². The Morgan fingerprint density at radius 3 is 2.21 bits per heavy atom. The van der Waals surface area contributed by atoms with Gasteiger partial charge in [0.15, 0.2) is 0 Å². The molecule has 2 N–H and O–H groups in total. The third-order valence-electron chi connectivity index (χ3n) is 5.02. The minimum absolute atomic E-state index is 0.0119. The average molecular weight is 396 g/mol. The van der Waals surface area contributed by atoms with E-state index in [2.05, 4.69) is 15.5 Å². The van der Waals surface area contributed by atoms with Crippen molar-refractivity contribution in [2.45, 2.75) is 19.3 Å². The van der Waals surface area contributed by atoms with Crippen LogP contribution in [0.2, 0.25) is 0 Å². The van der Waals surface area contributed by atoms with Crippen LogP contribution >= 0.6 is 0 Å². The highest BCUT2D eigenvalue weighted by Gasteiger charge is 2.25. The summed E-state index contributed by atoms with van der Waals surface area (Å²) in [6.45, 7) is 2.17. The van der Waals surface area contributed by atoms with Crippen molar-refractivity contribution in [2.24, 2.45) is 5.92 Å². The Bertz CT molecular complexity index is 847. The summed E-state index contributed by atoms with van der Waals surface area (Å²) in [6.07, 6.45) is 1.86. The van der Waals surface area contributed by atoms with E-state index in [-0.39, 0.29) is 23.4 Å². The van der Waals surface area contributed by atoms with Crippen molar-refractivity contribution in [3.05, 3.63) is 64.7 Å². The number of hydrogen-bond acceptors (Lipinski definition) is 5. The Morgan fingerprint density at radius 2 is 1.59 bits per heavy atom. The van der Waals surface area contributed by atoms with Crippen LogP contribution in [0.3, 0.4) is 0 Å². The molecule has 1 heterocycles. The molecule has 1 aliphatic rings. The largest absolute Gasteiger partial charge is 0.326 e. The van der Waals surface area contributed by atoms with E-state index in [4.69, 9.17) is 0 Å². The van der Waals surface area contributed by atoms with Crippen LogP contribution in [0.5, 0.6) is 0 Å². The molecule has 2 aromatic rings. The molecule has 0 atom stereocenters. The van der Waals surface area contributed by atoms with E-state index >= 15 is 0 Å². The van der Waals surface area contributed by atoms with Crippen molar-refractivity contribution in [1.82, 2.24) is 4.90 Å². The zero-order valence-corrected chi connectivity index (χ0v) is 16.0. The zero-order valence-electron chi connectivity index (χ0n) is 16.0. The lowest BCUT2D eigenvalue weighted by Gasteiger charge is -2.31. The molecule has 8 heteroatoms. The second kappa shape index (κ2) is 9.79. The summed E-state index contributed by atoms with van der Waals surface area (Å²) < 4.78 is 0. The van der Waals surface area contributed by atoms with Crippen molar-refractivity contribution < 1.29 is 14.5 Å². The number of amides is 2. The molecule has 0 bridgehead atoms. The summed E-state index contributed by atoms with van der Waals surface area (Å²) in [5.41, 5.74) is 1.34. The summed E-state index contributed by atoms with van der Waals surface area (Å²) in [5, 5.41) is 16.4. The van der Waals surface area contributed by atoms with Crippen LogP contribution in [0.25, 0.3) is 0 Å². The van der Waals surface area contributed by atoms with E-state index in [1.807, 2.05) is 30.3 Å². The highest BCUT2D eigenvalue weighted by Crippen LogP contribution is 2.20. The summed E-state index contributed by atoms with van der Waals surface area (Å²) in [4.78, 5) is 36.8. The van der Waals surface area contributed by atoms with E-state index in [1.165, 1.54) is 24.3 Å². The number of carbonyl (C=O) groups is 2. The third kappa shape index (κ3) is 6.11. The number of non-ortho nitro benzene ring substituents is 1. The first kappa shape index (κ1) is 20.5. The maximum atomic E-state index is 12.4. The number of nitro groups is 1. The van der Waals surface area contributed by atoms with E-state index in [1.54, 1.807) is 0 Å². The number of nitrogens with zero attached hydrogens (tertiary/aromatic N) is 2. The van der Waals surface area contributed by atoms with Crippen LogP contribution in [0.4, 0.5) is 17.1 Å². The van der Waals surface area contributed by atoms with Crippen molar-refractivity contribution in [1.29, 1.82) is 0 Å². The van der Waals surface area contributed by atoms with Gasteiger partial charge in [0.1, 0.15) is 0 Å². The Morgan fingerprint density at radius 1 is 0.966 bits per heavy atom. The quantitative estimate of drug-likeness (QED) is 0.552. The Kier molecular flexibility index (Phi) is 6.91. The number of likely N-dealkylation sites (tertiary alicyclic amines) is 1. The van der Waals surface area contributed by atoms with Gasteiger partial charge in [-0.15, -0.1) is 0 Å². The SMILES string of the molecule is O=C(CCN1CCC(C(=O)Nc2ccccc2)CC1)Nc1ccc([N+](=O)[O-])cc1. The number of hydrogen-bond donors (Lipinski definition) is 2. The van der Waals surface area contributed by atoms with Gasteiger partial charge in [-0.25, -0.2) is 0 Å². The van der Waals surface area contributed by atoms with E-state index in [0.717, 1.165) is 31.6 Å². The second-order valence-electron chi connectivity index (χ2n) is 7.07. The fourth-order valence-electron chi connectivity index (χ4n) is 3.33. The highest BCUT2D eigenvalue weighted by molar-refractivity contribution is 5.92. The first-order chi connectivity index (χ1) is 14.0. The summed E-state index contributed by atoms with van der Waals surface area (Å²) in [5.74, 6) is -0.102. The standard InChI is InChI=1S/C21H24N4O4/c26-20(22-18-6-8-19(9-7-18)25(28)29)12-15-24-13-10-16(11-14-24)21(27)23-17-4-2-1-3-5-17/h1-9,16H,10-15H2,(H,22,26)(H,23,27). The van der Waals surface area contributed by atoms with Gasteiger partial charge in [-0.3, -0.25) is 19.7 Å². The maximum absolute atomic E-state index is 12.4. The van der Waals surface area contributed by atoms with Gasteiger partial charge in [0.25, 0.3) is 5.69 Å². The number of para-hydroxylation sites is 1. The summed E-state index contributed by atoms with van der Waals surface area (Å²) in [7, 11) is 0. The molecule has 2 amide bonds. The molecule has 2 aromatic carbocycles. The number of nitrogens with one attached hydrogen (secondary N) is 2. The molecule has 152 valence electrons. The molecule has 0 saturated carbocycles. The van der Waals surface area contributed by atoms with Crippen LogP contribution in [0.15, 0.2) is 54.6 Å². The predicted molar refractivity (Wildman–Crippen MR) is 111 cm³/mol. The molecule has 1 aliphatic heterocycles. The fourth-order valence-corrected chi connectivity index (χ4v) is 3.33. The van der Waals surface area contributed by atoms with Crippen LogP contribution < -0.4 is 10.6 Å². The van der Waals surface area contributed by atoms with Gasteiger partial charge in [-0.1, -0.05) is 18.2 Å². The molecule has 0 spiro atoms. The van der Waals surface area contributed by atoms with Crippen LogP contribution in [-0.4, -0.2) is 41.3 Å². The second-order valence-corrected chi connectivity index (χ2v) is 7.07. The maximum Gasteiger partial charge on any atom is 0.269 e. The van der Waals surface area contributed by atoms with Crippen molar-refractivity contribution >= 4 is 28.9 Å². The molecular weight excluding hydrogens is 372 g/mol. The number of benzene rings is 2.